The lowest BCUT2D eigenvalue weighted by Gasteiger charge is -2.41. The second-order valence-corrected chi connectivity index (χ2v) is 3.83. The van der Waals surface area contributed by atoms with Crippen molar-refractivity contribution >= 4 is 0 Å². The van der Waals surface area contributed by atoms with Crippen LogP contribution in [0.3, 0.4) is 0 Å². The van der Waals surface area contributed by atoms with E-state index in [1.807, 2.05) is 0 Å². The van der Waals surface area contributed by atoms with Crippen molar-refractivity contribution in [3.05, 3.63) is 12.1 Å². The van der Waals surface area contributed by atoms with Gasteiger partial charge in [0, 0.05) is 0 Å². The highest BCUT2D eigenvalue weighted by atomic mass is 19.4. The summed E-state index contributed by atoms with van der Waals surface area (Å²) in [7, 11) is 0. The molecule has 16 heteroatoms. The number of ether oxygens (including phenoxy) is 1. The third kappa shape index (κ3) is 3.60. The van der Waals surface area contributed by atoms with Gasteiger partial charge in [-0.3, -0.25) is 0 Å². The first-order chi connectivity index (χ1) is 10.1. The van der Waals surface area contributed by atoms with Crippen molar-refractivity contribution in [3.63, 3.8) is 0 Å². The molecule has 0 heterocycles. The molecule has 0 aliphatic rings. The Balaban J connectivity index is 6.63. The zero-order chi connectivity index (χ0) is 20.0. The molecule has 144 valence electrons. The van der Waals surface area contributed by atoms with E-state index < -0.39 is 48.3 Å². The highest BCUT2D eigenvalue weighted by molar-refractivity contribution is 5.11. The fourth-order valence-corrected chi connectivity index (χ4v) is 1.13. The number of alkyl halides is 14. The maximum atomic E-state index is 12.9. The van der Waals surface area contributed by atoms with Crippen LogP contribution in [0.5, 0.6) is 0 Å². The van der Waals surface area contributed by atoms with Crippen molar-refractivity contribution in [3.8, 4) is 0 Å². The number of hydrogen-bond donors (Lipinski definition) is 0. The van der Waals surface area contributed by atoms with Gasteiger partial charge in [0.25, 0.3) is 0 Å². The molecule has 0 atom stereocenters. The summed E-state index contributed by atoms with van der Waals surface area (Å²) in [6.07, 6.45) is -31.3. The Kier molecular flexibility index (Phi) is 5.42. The van der Waals surface area contributed by atoms with Gasteiger partial charge in [-0.25, -0.2) is 0 Å². The highest BCUT2D eigenvalue weighted by Crippen LogP contribution is 2.59. The summed E-state index contributed by atoms with van der Waals surface area (Å²) in [5.41, 5.74) is -7.52. The van der Waals surface area contributed by atoms with E-state index in [0.29, 0.717) is 0 Å². The Bertz CT molecular complexity index is 458. The monoisotopic (exact) mass is 398 g/mol. The quantitative estimate of drug-likeness (QED) is 0.455. The van der Waals surface area contributed by atoms with Crippen LogP contribution in [-0.4, -0.2) is 36.2 Å². The average molecular weight is 398 g/mol. The molecule has 0 spiro atoms. The van der Waals surface area contributed by atoms with Gasteiger partial charge < -0.3 is 4.74 Å². The highest BCUT2D eigenvalue weighted by Gasteiger charge is 2.91. The number of rotatable bonds is 3. The summed E-state index contributed by atoms with van der Waals surface area (Å²) >= 11 is 0. The van der Waals surface area contributed by atoms with Crippen LogP contribution in [0.1, 0.15) is 0 Å². The summed E-state index contributed by atoms with van der Waals surface area (Å²) < 4.78 is 185. The molecule has 0 aromatic heterocycles. The summed E-state index contributed by atoms with van der Waals surface area (Å²) in [4.78, 5) is 0. The van der Waals surface area contributed by atoms with Crippen LogP contribution >= 0.6 is 0 Å². The van der Waals surface area contributed by atoms with E-state index in [2.05, 4.69) is 4.74 Å². The smallest absolute Gasteiger partial charge is 0.458 e. The van der Waals surface area contributed by atoms with Gasteiger partial charge in [0.15, 0.2) is 0 Å². The lowest BCUT2D eigenvalue weighted by Crippen LogP contribution is -2.72. The van der Waals surface area contributed by atoms with Crippen LogP contribution in [-0.2, 0) is 4.74 Å². The van der Waals surface area contributed by atoms with Gasteiger partial charge in [-0.1, -0.05) is 0 Å². The van der Waals surface area contributed by atoms with Crippen molar-refractivity contribution in [1.29, 1.82) is 0 Å². The molecule has 0 aromatic rings. The van der Waals surface area contributed by atoms with Crippen LogP contribution in [0.15, 0.2) is 12.1 Å². The number of hydrogen-bond acceptors (Lipinski definition) is 1. The van der Waals surface area contributed by atoms with Crippen LogP contribution < -0.4 is 0 Å². The Morgan fingerprint density at radius 2 is 0.917 bits per heavy atom. The normalized spacial score (nSPS) is 16.4. The number of allylic oxidation sites excluding steroid dienone is 1. The summed E-state index contributed by atoms with van der Waals surface area (Å²) in [5, 5.41) is 0. The van der Waals surface area contributed by atoms with Crippen molar-refractivity contribution in [2.75, 3.05) is 0 Å². The van der Waals surface area contributed by atoms with Gasteiger partial charge >= 0.3 is 36.2 Å². The molecule has 0 radical (unpaired) electrons. The molecule has 0 fully saturated rings. The number of halogens is 15. The zero-order valence-electron chi connectivity index (χ0n) is 10.2. The SMILES string of the molecule is FC(=COC(C(F)(F)F)(C(F)(F)F)C(F)(F)C(F)(F)F)C(F)(F)F. The first-order valence-electron chi connectivity index (χ1n) is 4.81. The first kappa shape index (κ1) is 22.5. The molecule has 0 rings (SSSR count). The van der Waals surface area contributed by atoms with Gasteiger partial charge in [-0.05, 0) is 0 Å². The van der Waals surface area contributed by atoms with E-state index in [9.17, 15) is 65.9 Å². The third-order valence-corrected chi connectivity index (χ3v) is 2.21. The van der Waals surface area contributed by atoms with Gasteiger partial charge in [0.05, 0.1) is 0 Å². The van der Waals surface area contributed by atoms with E-state index in [1.165, 1.54) is 0 Å². The predicted molar refractivity (Wildman–Crippen MR) is 42.2 cm³/mol. The Labute approximate surface area is 120 Å². The average Bonchev–Trinajstić information content (AvgIpc) is 2.21. The molecule has 0 N–H and O–H groups in total. The molecular weight excluding hydrogens is 397 g/mol. The van der Waals surface area contributed by atoms with Gasteiger partial charge in [0.1, 0.15) is 6.26 Å². The topological polar surface area (TPSA) is 9.23 Å². The maximum absolute atomic E-state index is 12.9. The van der Waals surface area contributed by atoms with E-state index in [1.54, 1.807) is 0 Å². The van der Waals surface area contributed by atoms with E-state index >= 15 is 0 Å². The molecule has 1 nitrogen and oxygen atoms in total. The summed E-state index contributed by atoms with van der Waals surface area (Å²) in [6, 6.07) is 0. The van der Waals surface area contributed by atoms with Gasteiger partial charge in [0.2, 0.25) is 5.83 Å². The van der Waals surface area contributed by atoms with Crippen LogP contribution in [0.2, 0.25) is 0 Å². The van der Waals surface area contributed by atoms with Crippen molar-refractivity contribution in [2.24, 2.45) is 0 Å². The molecule has 0 unspecified atom stereocenters. The first-order valence-corrected chi connectivity index (χ1v) is 4.81. The minimum absolute atomic E-state index is 2.06. The molecular formula is C8HF15O. The molecule has 0 saturated heterocycles. The minimum atomic E-state index is -7.82. The standard InChI is InChI=1S/C8HF15O/c9-2(3(10,11)12)1-24-4(6(15,16)17,7(18,19)20)5(13,14)8(21,22)23/h1H. The second kappa shape index (κ2) is 5.79. The summed E-state index contributed by atoms with van der Waals surface area (Å²) in [6.45, 7) is 0. The largest absolute Gasteiger partial charge is 0.469 e. The third-order valence-electron chi connectivity index (χ3n) is 2.21. The fraction of sp³-hybridized carbons (Fsp3) is 0.750. The minimum Gasteiger partial charge on any atom is -0.469 e. The molecule has 0 aromatic carbocycles. The van der Waals surface area contributed by atoms with Crippen molar-refractivity contribution in [2.45, 2.75) is 36.2 Å². The van der Waals surface area contributed by atoms with Crippen LogP contribution in [0.25, 0.3) is 0 Å². The lowest BCUT2D eigenvalue weighted by atomic mass is 9.92. The van der Waals surface area contributed by atoms with E-state index in [0.717, 1.165) is 0 Å². The second-order valence-electron chi connectivity index (χ2n) is 3.83. The predicted octanol–water partition coefficient (Wildman–Crippen LogP) is 5.44. The van der Waals surface area contributed by atoms with E-state index in [-0.39, 0.29) is 0 Å². The Morgan fingerprint density at radius 3 is 1.12 bits per heavy atom. The van der Waals surface area contributed by atoms with Gasteiger partial charge in [-0.15, -0.1) is 0 Å². The van der Waals surface area contributed by atoms with Crippen molar-refractivity contribution in [1.82, 2.24) is 0 Å². The lowest BCUT2D eigenvalue weighted by molar-refractivity contribution is -0.464. The zero-order valence-corrected chi connectivity index (χ0v) is 10.2. The Hall–Kier alpha value is -1.51. The molecule has 24 heavy (non-hydrogen) atoms. The molecule has 0 bridgehead atoms. The Morgan fingerprint density at radius 1 is 0.583 bits per heavy atom. The molecule has 0 aliphatic carbocycles. The fourth-order valence-electron chi connectivity index (χ4n) is 1.13. The molecule has 0 saturated carbocycles. The van der Waals surface area contributed by atoms with E-state index in [4.69, 9.17) is 0 Å². The van der Waals surface area contributed by atoms with Crippen molar-refractivity contribution < 1.29 is 70.6 Å². The van der Waals surface area contributed by atoms with Gasteiger partial charge in [-0.2, -0.15) is 65.9 Å². The van der Waals surface area contributed by atoms with Crippen LogP contribution in [0, 0.1) is 0 Å². The summed E-state index contributed by atoms with van der Waals surface area (Å²) in [5.74, 6) is -11.7. The van der Waals surface area contributed by atoms with Crippen LogP contribution in [0.4, 0.5) is 65.9 Å². The molecule has 0 aliphatic heterocycles. The molecule has 0 amide bonds. The maximum Gasteiger partial charge on any atom is 0.458 e.